The second-order valence-corrected chi connectivity index (χ2v) is 9.01. The summed E-state index contributed by atoms with van der Waals surface area (Å²) in [4.78, 5) is 15.9. The molecule has 2 N–H and O–H groups in total. The lowest BCUT2D eigenvalue weighted by molar-refractivity contribution is 0.0691. The van der Waals surface area contributed by atoms with Gasteiger partial charge >= 0.3 is 5.97 Å². The van der Waals surface area contributed by atoms with E-state index in [0.717, 1.165) is 23.1 Å². The number of aromatic carboxylic acids is 1. The van der Waals surface area contributed by atoms with Crippen molar-refractivity contribution in [3.63, 3.8) is 0 Å². The molecule has 0 fully saturated rings. The number of anilines is 1. The van der Waals surface area contributed by atoms with Gasteiger partial charge in [-0.2, -0.15) is 4.98 Å². The third kappa shape index (κ3) is 4.47. The molecule has 0 atom stereocenters. The summed E-state index contributed by atoms with van der Waals surface area (Å²) >= 11 is 1.46. The van der Waals surface area contributed by atoms with E-state index < -0.39 is 27.4 Å². The number of carboxylic acids is 1. The number of hydrogen-bond acceptors (Lipinski definition) is 7. The SMILES string of the molecule is O=C(O)c1cc(S(=O)(=O)Nc2ccccc2Cc2nc(-c3cccs3)no2)ccc1F. The second kappa shape index (κ2) is 8.28. The number of thiophene rings is 1. The van der Waals surface area contributed by atoms with E-state index in [2.05, 4.69) is 14.9 Å². The Morgan fingerprint density at radius 1 is 1.16 bits per heavy atom. The number of para-hydroxylation sites is 1. The predicted molar refractivity (Wildman–Crippen MR) is 111 cm³/mol. The highest BCUT2D eigenvalue weighted by molar-refractivity contribution is 7.92. The number of rotatable bonds is 7. The Bertz CT molecular complexity index is 1350. The fourth-order valence-electron chi connectivity index (χ4n) is 2.81. The van der Waals surface area contributed by atoms with Crippen LogP contribution in [-0.2, 0) is 16.4 Å². The summed E-state index contributed by atoms with van der Waals surface area (Å²) in [5, 5.41) is 14.9. The number of hydrogen-bond donors (Lipinski definition) is 2. The maximum atomic E-state index is 13.6. The van der Waals surface area contributed by atoms with Gasteiger partial charge in [-0.1, -0.05) is 29.4 Å². The molecule has 2 aromatic heterocycles. The highest BCUT2D eigenvalue weighted by atomic mass is 32.2. The van der Waals surface area contributed by atoms with Crippen LogP contribution in [0.25, 0.3) is 10.7 Å². The number of carboxylic acid groups (broad SMARTS) is 1. The first kappa shape index (κ1) is 20.7. The van der Waals surface area contributed by atoms with Crippen molar-refractivity contribution in [1.29, 1.82) is 0 Å². The van der Waals surface area contributed by atoms with Crippen molar-refractivity contribution in [2.45, 2.75) is 11.3 Å². The number of sulfonamides is 1. The maximum Gasteiger partial charge on any atom is 0.338 e. The van der Waals surface area contributed by atoms with Crippen molar-refractivity contribution >= 4 is 33.0 Å². The van der Waals surface area contributed by atoms with Crippen molar-refractivity contribution in [1.82, 2.24) is 10.1 Å². The first-order valence-electron chi connectivity index (χ1n) is 8.83. The lowest BCUT2D eigenvalue weighted by Gasteiger charge is -2.12. The highest BCUT2D eigenvalue weighted by Gasteiger charge is 2.21. The summed E-state index contributed by atoms with van der Waals surface area (Å²) in [6.45, 7) is 0. The zero-order valence-electron chi connectivity index (χ0n) is 15.6. The standard InChI is InChI=1S/C20H14FN3O5S2/c21-15-8-7-13(11-14(15)20(25)26)31(27,28)24-16-5-2-1-4-12(16)10-18-22-19(23-29-18)17-6-3-9-30-17/h1-9,11,24H,10H2,(H,25,26). The van der Waals surface area contributed by atoms with Crippen molar-refractivity contribution in [3.8, 4) is 10.7 Å². The number of nitrogens with one attached hydrogen (secondary N) is 1. The first-order valence-corrected chi connectivity index (χ1v) is 11.2. The van der Waals surface area contributed by atoms with Gasteiger partial charge in [-0.15, -0.1) is 11.3 Å². The first-order chi connectivity index (χ1) is 14.8. The Hall–Kier alpha value is -3.57. The molecule has 2 heterocycles. The van der Waals surface area contributed by atoms with Crippen LogP contribution in [0.4, 0.5) is 10.1 Å². The minimum atomic E-state index is -4.18. The Labute approximate surface area is 180 Å². The van der Waals surface area contributed by atoms with E-state index in [-0.39, 0.29) is 17.0 Å². The molecule has 2 aromatic carbocycles. The average Bonchev–Trinajstić information content (AvgIpc) is 3.41. The molecular weight excluding hydrogens is 445 g/mol. The zero-order chi connectivity index (χ0) is 22.0. The van der Waals surface area contributed by atoms with Gasteiger partial charge in [0.1, 0.15) is 5.82 Å². The van der Waals surface area contributed by atoms with Crippen LogP contribution < -0.4 is 4.72 Å². The van der Waals surface area contributed by atoms with Crippen molar-refractivity contribution in [2.24, 2.45) is 0 Å². The largest absolute Gasteiger partial charge is 0.478 e. The van der Waals surface area contributed by atoms with E-state index in [9.17, 15) is 17.6 Å². The smallest absolute Gasteiger partial charge is 0.338 e. The van der Waals surface area contributed by atoms with Gasteiger partial charge in [0.05, 0.1) is 27.4 Å². The molecule has 0 saturated carbocycles. The van der Waals surface area contributed by atoms with Crippen LogP contribution >= 0.6 is 11.3 Å². The van der Waals surface area contributed by atoms with Gasteiger partial charge in [0.2, 0.25) is 11.7 Å². The summed E-state index contributed by atoms with van der Waals surface area (Å²) in [5.74, 6) is -1.85. The molecule has 0 bridgehead atoms. The number of halogens is 1. The minimum absolute atomic E-state index is 0.168. The van der Waals surface area contributed by atoms with Crippen LogP contribution in [0.3, 0.4) is 0 Å². The molecule has 0 aliphatic rings. The zero-order valence-corrected chi connectivity index (χ0v) is 17.3. The fourth-order valence-corrected chi connectivity index (χ4v) is 4.58. The van der Waals surface area contributed by atoms with Crippen LogP contribution in [0.5, 0.6) is 0 Å². The van der Waals surface area contributed by atoms with E-state index in [4.69, 9.17) is 9.63 Å². The quantitative estimate of drug-likeness (QED) is 0.428. The van der Waals surface area contributed by atoms with E-state index >= 15 is 0 Å². The van der Waals surface area contributed by atoms with Crippen LogP contribution in [0.2, 0.25) is 0 Å². The molecule has 0 amide bonds. The summed E-state index contributed by atoms with van der Waals surface area (Å²) in [6, 6.07) is 12.9. The van der Waals surface area contributed by atoms with Gasteiger partial charge in [-0.3, -0.25) is 4.72 Å². The Morgan fingerprint density at radius 2 is 1.97 bits per heavy atom. The lowest BCUT2D eigenvalue weighted by Crippen LogP contribution is -2.15. The van der Waals surface area contributed by atoms with Crippen molar-refractivity contribution < 1.29 is 27.2 Å². The third-order valence-corrected chi connectivity index (χ3v) is 6.52. The van der Waals surface area contributed by atoms with E-state index in [0.29, 0.717) is 17.3 Å². The van der Waals surface area contributed by atoms with Gasteiger partial charge in [0, 0.05) is 0 Å². The average molecular weight is 459 g/mol. The van der Waals surface area contributed by atoms with Gasteiger partial charge in [0.15, 0.2) is 0 Å². The number of aromatic nitrogens is 2. The summed E-state index contributed by atoms with van der Waals surface area (Å²) in [5.41, 5.74) is 0.0794. The van der Waals surface area contributed by atoms with Gasteiger partial charge < -0.3 is 9.63 Å². The highest BCUT2D eigenvalue weighted by Crippen LogP contribution is 2.25. The maximum absolute atomic E-state index is 13.6. The van der Waals surface area contributed by atoms with Crippen molar-refractivity contribution in [3.05, 3.63) is 82.8 Å². The van der Waals surface area contributed by atoms with Crippen molar-refractivity contribution in [2.75, 3.05) is 4.72 Å². The molecular formula is C20H14FN3O5S2. The number of nitrogens with zero attached hydrogens (tertiary/aromatic N) is 2. The molecule has 0 spiro atoms. The number of carbonyl (C=O) groups is 1. The molecule has 0 unspecified atom stereocenters. The molecule has 11 heteroatoms. The lowest BCUT2D eigenvalue weighted by atomic mass is 10.1. The third-order valence-electron chi connectivity index (χ3n) is 4.29. The Kier molecular flexibility index (Phi) is 5.53. The van der Waals surface area contributed by atoms with Gasteiger partial charge in [-0.25, -0.2) is 17.6 Å². The van der Waals surface area contributed by atoms with E-state index in [1.165, 1.54) is 11.3 Å². The molecule has 31 heavy (non-hydrogen) atoms. The van der Waals surface area contributed by atoms with Gasteiger partial charge in [-0.05, 0) is 41.3 Å². The van der Waals surface area contributed by atoms with Crippen LogP contribution in [-0.4, -0.2) is 29.6 Å². The summed E-state index contributed by atoms with van der Waals surface area (Å²) in [6.07, 6.45) is 0.168. The van der Waals surface area contributed by atoms with Crippen LogP contribution in [0.15, 0.2) is 69.4 Å². The van der Waals surface area contributed by atoms with Crippen LogP contribution in [0.1, 0.15) is 21.8 Å². The molecule has 0 radical (unpaired) electrons. The molecule has 4 rings (SSSR count). The Balaban J connectivity index is 1.60. The fraction of sp³-hybridized carbons (Fsp3) is 0.0500. The molecule has 8 nitrogen and oxygen atoms in total. The Morgan fingerprint density at radius 3 is 2.71 bits per heavy atom. The van der Waals surface area contributed by atoms with Crippen LogP contribution in [0, 0.1) is 5.82 Å². The molecule has 4 aromatic rings. The molecule has 0 aliphatic heterocycles. The normalized spacial score (nSPS) is 11.4. The van der Waals surface area contributed by atoms with E-state index in [1.54, 1.807) is 24.3 Å². The summed E-state index contributed by atoms with van der Waals surface area (Å²) < 4.78 is 46.9. The van der Waals surface area contributed by atoms with E-state index in [1.807, 2.05) is 17.5 Å². The number of benzene rings is 2. The minimum Gasteiger partial charge on any atom is -0.478 e. The molecule has 0 aliphatic carbocycles. The molecule has 158 valence electrons. The second-order valence-electron chi connectivity index (χ2n) is 6.38. The topological polar surface area (TPSA) is 122 Å². The van der Waals surface area contributed by atoms with Gasteiger partial charge in [0.25, 0.3) is 10.0 Å². The monoisotopic (exact) mass is 459 g/mol. The molecule has 0 saturated heterocycles. The summed E-state index contributed by atoms with van der Waals surface area (Å²) in [7, 11) is -4.18. The predicted octanol–water partition coefficient (Wildman–Crippen LogP) is 4.03.